The summed E-state index contributed by atoms with van der Waals surface area (Å²) in [6.07, 6.45) is 14.3. The van der Waals surface area contributed by atoms with E-state index in [1.807, 2.05) is 43.4 Å². The number of carboxylic acid groups (broad SMARTS) is 1. The van der Waals surface area contributed by atoms with Gasteiger partial charge in [0.05, 0.1) is 21.8 Å². The van der Waals surface area contributed by atoms with Gasteiger partial charge < -0.3 is 24.2 Å². The molecule has 0 bridgehead atoms. The molecule has 0 aliphatic carbocycles. The molecular weight excluding hydrogens is 721 g/mol. The maximum Gasteiger partial charge on any atom is 0.303 e. The summed E-state index contributed by atoms with van der Waals surface area (Å²) in [6, 6.07) is 9.90. The molecule has 2 aliphatic heterocycles. The monoisotopic (exact) mass is 773 g/mol. The first-order valence-corrected chi connectivity index (χ1v) is 21.0. The summed E-state index contributed by atoms with van der Waals surface area (Å²) >= 11 is 0. The number of carbonyl (C=O) groups is 1. The summed E-state index contributed by atoms with van der Waals surface area (Å²) in [4.78, 5) is 13.3. The van der Waals surface area contributed by atoms with E-state index in [0.29, 0.717) is 65.0 Å². The van der Waals surface area contributed by atoms with Gasteiger partial charge in [-0.1, -0.05) is 18.2 Å². The first-order chi connectivity index (χ1) is 25.0. The van der Waals surface area contributed by atoms with Crippen molar-refractivity contribution in [1.29, 1.82) is 0 Å². The Labute approximate surface area is 314 Å². The Kier molecular flexibility index (Phi) is 14.0. The number of hydrogen-bond acceptors (Lipinski definition) is 9. The van der Waals surface area contributed by atoms with Crippen molar-refractivity contribution in [1.82, 2.24) is 0 Å². The molecule has 53 heavy (non-hydrogen) atoms. The molecule has 4 rings (SSSR count). The number of carboxylic acids is 1. The number of ether oxygens (including phenoxy) is 3. The van der Waals surface area contributed by atoms with Crippen molar-refractivity contribution in [3.05, 3.63) is 83.6 Å². The molecule has 0 spiro atoms. The van der Waals surface area contributed by atoms with Gasteiger partial charge in [0.25, 0.3) is 10.1 Å². The van der Waals surface area contributed by atoms with Crippen LogP contribution in [0.15, 0.2) is 82.3 Å². The molecule has 0 amide bonds. The van der Waals surface area contributed by atoms with Crippen molar-refractivity contribution >= 4 is 43.0 Å². The van der Waals surface area contributed by atoms with Crippen LogP contribution in [0.4, 0.5) is 11.4 Å². The van der Waals surface area contributed by atoms with Crippen LogP contribution in [0.1, 0.15) is 63.5 Å². The van der Waals surface area contributed by atoms with Gasteiger partial charge in [-0.15, -0.1) is 0 Å². The molecule has 0 fully saturated rings. The molecule has 2 heterocycles. The van der Waals surface area contributed by atoms with Gasteiger partial charge in [-0.2, -0.15) is 13.0 Å². The van der Waals surface area contributed by atoms with E-state index in [1.165, 1.54) is 18.4 Å². The number of hydrogen-bond donors (Lipinski definition) is 2. The van der Waals surface area contributed by atoms with E-state index < -0.39 is 36.8 Å². The number of sulfone groups is 1. The van der Waals surface area contributed by atoms with Gasteiger partial charge in [0.15, 0.2) is 15.5 Å². The molecule has 12 nitrogen and oxygen atoms in total. The van der Waals surface area contributed by atoms with Gasteiger partial charge in [-0.3, -0.25) is 9.35 Å². The van der Waals surface area contributed by atoms with Crippen LogP contribution in [0.5, 0.6) is 0 Å². The highest BCUT2D eigenvalue weighted by Crippen LogP contribution is 2.50. The Bertz CT molecular complexity index is 2000. The zero-order valence-electron chi connectivity index (χ0n) is 31.5. The van der Waals surface area contributed by atoms with E-state index in [4.69, 9.17) is 19.3 Å². The lowest BCUT2D eigenvalue weighted by Gasteiger charge is -2.30. The van der Waals surface area contributed by atoms with Crippen molar-refractivity contribution in [2.75, 3.05) is 65.4 Å². The van der Waals surface area contributed by atoms with Crippen molar-refractivity contribution in [2.45, 2.75) is 73.0 Å². The number of fused-ring (bicyclic) bond motifs is 2. The van der Waals surface area contributed by atoms with Gasteiger partial charge in [0.1, 0.15) is 6.54 Å². The number of rotatable bonds is 20. The zero-order valence-corrected chi connectivity index (χ0v) is 33.1. The zero-order chi connectivity index (χ0) is 39.0. The third-order valence-electron chi connectivity index (χ3n) is 10.3. The summed E-state index contributed by atoms with van der Waals surface area (Å²) < 4.78 is 77.9. The smallest absolute Gasteiger partial charge is 0.303 e. The second-order valence-corrected chi connectivity index (χ2v) is 17.4. The Morgan fingerprint density at radius 3 is 2.09 bits per heavy atom. The molecule has 2 aliphatic rings. The van der Waals surface area contributed by atoms with Crippen LogP contribution in [0.2, 0.25) is 0 Å². The standard InChI is InChI=1S/C39H52N2O10S2/c1-38(20-24-49-3)31-27-29(52(6,44)45)16-18-34(31)41(23-26-51-5)36(38)14-10-7-9-13-35-39(2,21-25-50-4)32-28-30(53(46,47)48)17-19-33(32)40(35)22-12-8-11-15-37(42)43/h7,9-10,13-14,16-19,27-28H,8,11-12,15,20-26H2,1-6H3,(H-,42,43,46,47,48)/p+1. The third-order valence-corrected chi connectivity index (χ3v) is 12.2. The largest absolute Gasteiger partial charge is 0.481 e. The van der Waals surface area contributed by atoms with Gasteiger partial charge in [-0.05, 0) is 81.5 Å². The van der Waals surface area contributed by atoms with Crippen LogP contribution in [0, 0.1) is 0 Å². The van der Waals surface area contributed by atoms with Crippen molar-refractivity contribution in [3.8, 4) is 0 Å². The highest BCUT2D eigenvalue weighted by Gasteiger charge is 2.48. The highest BCUT2D eigenvalue weighted by atomic mass is 32.2. The van der Waals surface area contributed by atoms with Crippen LogP contribution < -0.4 is 4.90 Å². The van der Waals surface area contributed by atoms with Crippen LogP contribution in [-0.2, 0) is 49.8 Å². The number of methoxy groups -OCH3 is 3. The van der Waals surface area contributed by atoms with E-state index in [2.05, 4.69) is 16.4 Å². The van der Waals surface area contributed by atoms with Crippen LogP contribution in [-0.4, -0.2) is 103 Å². The summed E-state index contributed by atoms with van der Waals surface area (Å²) in [5.74, 6) is -0.834. The van der Waals surface area contributed by atoms with Crippen LogP contribution >= 0.6 is 0 Å². The second kappa shape index (κ2) is 17.7. The number of anilines is 1. The van der Waals surface area contributed by atoms with Gasteiger partial charge in [0.2, 0.25) is 5.69 Å². The molecule has 0 saturated carbocycles. The molecule has 2 aromatic rings. The SMILES string of the molecule is COCCN1/C(=C/C=C/C=C/C2=[N+](CCCCCC(=O)O)c3ccc(S(=O)(=O)O)cc3C2(C)CCOC)C(C)(CCOC)c2cc(S(C)(=O)=O)ccc21. The lowest BCUT2D eigenvalue weighted by Crippen LogP contribution is -2.33. The Morgan fingerprint density at radius 2 is 1.47 bits per heavy atom. The maximum atomic E-state index is 12.6. The Morgan fingerprint density at radius 1 is 0.830 bits per heavy atom. The number of unbranched alkanes of at least 4 members (excludes halogenated alkanes) is 2. The normalized spacial score (nSPS) is 21.0. The average Bonchev–Trinajstić information content (AvgIpc) is 3.47. The van der Waals surface area contributed by atoms with E-state index >= 15 is 0 Å². The van der Waals surface area contributed by atoms with E-state index in [1.54, 1.807) is 39.5 Å². The minimum Gasteiger partial charge on any atom is -0.481 e. The molecule has 290 valence electrons. The topological polar surface area (TPSA) is 160 Å². The number of aliphatic carboxylic acids is 1. The summed E-state index contributed by atoms with van der Waals surface area (Å²) in [6.45, 7) is 6.58. The van der Waals surface area contributed by atoms with Crippen LogP contribution in [0.3, 0.4) is 0 Å². The van der Waals surface area contributed by atoms with Crippen molar-refractivity contribution in [2.24, 2.45) is 0 Å². The minimum atomic E-state index is -4.45. The molecular formula is C39H53N2O10S2+. The van der Waals surface area contributed by atoms with E-state index in [-0.39, 0.29) is 16.2 Å². The average molecular weight is 774 g/mol. The lowest BCUT2D eigenvalue weighted by atomic mass is 9.76. The molecule has 0 saturated heterocycles. The first kappa shape index (κ1) is 42.1. The summed E-state index contributed by atoms with van der Waals surface area (Å²) in [7, 11) is -2.99. The van der Waals surface area contributed by atoms with E-state index in [0.717, 1.165) is 33.9 Å². The summed E-state index contributed by atoms with van der Waals surface area (Å²) in [5.41, 5.74) is 4.05. The Hall–Kier alpha value is -3.66. The molecule has 2 aromatic carbocycles. The predicted octanol–water partition coefficient (Wildman–Crippen LogP) is 5.83. The fourth-order valence-electron chi connectivity index (χ4n) is 7.34. The molecule has 2 unspecified atom stereocenters. The maximum absolute atomic E-state index is 12.6. The lowest BCUT2D eigenvalue weighted by molar-refractivity contribution is -0.438. The molecule has 14 heteroatoms. The molecule has 2 N–H and O–H groups in total. The van der Waals surface area contributed by atoms with E-state index in [9.17, 15) is 26.2 Å². The highest BCUT2D eigenvalue weighted by molar-refractivity contribution is 7.90. The quantitative estimate of drug-likeness (QED) is 0.0722. The van der Waals surface area contributed by atoms with Gasteiger partial charge in [0, 0.05) is 94.7 Å². The fourth-order valence-corrected chi connectivity index (χ4v) is 8.49. The van der Waals surface area contributed by atoms with Crippen molar-refractivity contribution in [3.63, 3.8) is 0 Å². The van der Waals surface area contributed by atoms with Gasteiger partial charge >= 0.3 is 5.97 Å². The molecule has 2 atom stereocenters. The number of benzene rings is 2. The van der Waals surface area contributed by atoms with Crippen LogP contribution in [0.25, 0.3) is 0 Å². The van der Waals surface area contributed by atoms with Gasteiger partial charge in [-0.25, -0.2) is 8.42 Å². The number of allylic oxidation sites excluding steroid dienone is 6. The summed E-state index contributed by atoms with van der Waals surface area (Å²) in [5, 5.41) is 9.10. The Balaban J connectivity index is 1.77. The van der Waals surface area contributed by atoms with Crippen molar-refractivity contribution < 1.29 is 50.1 Å². The fraction of sp³-hybridized carbons (Fsp3) is 0.487. The molecule has 0 radical (unpaired) electrons. The predicted molar refractivity (Wildman–Crippen MR) is 205 cm³/mol. The number of nitrogens with zero attached hydrogens (tertiary/aromatic N) is 2. The molecule has 0 aromatic heterocycles. The minimum absolute atomic E-state index is 0.0913. The second-order valence-electron chi connectivity index (χ2n) is 13.9. The third kappa shape index (κ3) is 9.53. The first-order valence-electron chi connectivity index (χ1n) is 17.7.